The molecule has 0 saturated carbocycles. The molecule has 0 unspecified atom stereocenters. The van der Waals surface area contributed by atoms with E-state index in [2.05, 4.69) is 19.9 Å². The molecule has 0 aromatic carbocycles. The summed E-state index contributed by atoms with van der Waals surface area (Å²) in [5, 5.41) is 9.49. The van der Waals surface area contributed by atoms with Crippen LogP contribution in [0, 0.1) is 5.92 Å². The molecule has 2 heteroatoms. The van der Waals surface area contributed by atoms with Crippen molar-refractivity contribution < 1.29 is 5.11 Å². The van der Waals surface area contributed by atoms with E-state index in [9.17, 15) is 0 Å². The molecule has 0 bridgehead atoms. The van der Waals surface area contributed by atoms with E-state index < -0.39 is 0 Å². The fourth-order valence-corrected chi connectivity index (χ4v) is 2.17. The molecule has 1 aliphatic rings. The normalized spacial score (nSPS) is 25.6. The lowest BCUT2D eigenvalue weighted by Crippen LogP contribution is -2.06. The third-order valence-electron chi connectivity index (χ3n) is 1.78. The van der Waals surface area contributed by atoms with E-state index in [1.807, 2.05) is 11.8 Å². The van der Waals surface area contributed by atoms with Gasteiger partial charge in [-0.05, 0) is 12.3 Å². The van der Waals surface area contributed by atoms with E-state index in [-0.39, 0.29) is 6.61 Å². The van der Waals surface area contributed by atoms with E-state index in [0.717, 1.165) is 17.2 Å². The molecule has 1 rings (SSSR count). The van der Waals surface area contributed by atoms with Crippen LogP contribution in [0.15, 0.2) is 11.0 Å². The van der Waals surface area contributed by atoms with Crippen molar-refractivity contribution in [1.82, 2.24) is 0 Å². The van der Waals surface area contributed by atoms with Gasteiger partial charge >= 0.3 is 0 Å². The molecule has 1 aliphatic heterocycles. The zero-order chi connectivity index (χ0) is 7.56. The van der Waals surface area contributed by atoms with Crippen molar-refractivity contribution in [3.05, 3.63) is 11.0 Å². The molecule has 0 fully saturated rings. The molecular weight excluding hydrogens is 144 g/mol. The SMILES string of the molecule is CC(C)[C@H]1CC=C(CO)S1. The van der Waals surface area contributed by atoms with Crippen molar-refractivity contribution in [2.45, 2.75) is 25.5 Å². The minimum atomic E-state index is 0.230. The highest BCUT2D eigenvalue weighted by Crippen LogP contribution is 2.35. The van der Waals surface area contributed by atoms with Crippen LogP contribution in [0.2, 0.25) is 0 Å². The van der Waals surface area contributed by atoms with Gasteiger partial charge in [0.15, 0.2) is 0 Å². The van der Waals surface area contributed by atoms with Crippen molar-refractivity contribution in [2.24, 2.45) is 5.92 Å². The van der Waals surface area contributed by atoms with Gasteiger partial charge < -0.3 is 5.11 Å². The lowest BCUT2D eigenvalue weighted by molar-refractivity contribution is 0.339. The first kappa shape index (κ1) is 8.15. The summed E-state index contributed by atoms with van der Waals surface area (Å²) in [6, 6.07) is 0. The van der Waals surface area contributed by atoms with Crippen LogP contribution in [0.25, 0.3) is 0 Å². The van der Waals surface area contributed by atoms with Crippen LogP contribution in [0.3, 0.4) is 0 Å². The molecule has 0 aliphatic carbocycles. The average molecular weight is 158 g/mol. The number of allylic oxidation sites excluding steroid dienone is 1. The maximum Gasteiger partial charge on any atom is 0.0737 e. The smallest absolute Gasteiger partial charge is 0.0737 e. The maximum atomic E-state index is 8.78. The van der Waals surface area contributed by atoms with Crippen molar-refractivity contribution >= 4 is 11.8 Å². The Morgan fingerprint density at radius 3 is 2.80 bits per heavy atom. The van der Waals surface area contributed by atoms with Gasteiger partial charge in [0.25, 0.3) is 0 Å². The summed E-state index contributed by atoms with van der Waals surface area (Å²) in [6.45, 7) is 4.69. The van der Waals surface area contributed by atoms with E-state index in [1.165, 1.54) is 0 Å². The summed E-state index contributed by atoms with van der Waals surface area (Å²) in [7, 11) is 0. The van der Waals surface area contributed by atoms with Crippen LogP contribution in [0.1, 0.15) is 20.3 Å². The zero-order valence-electron chi connectivity index (χ0n) is 6.50. The van der Waals surface area contributed by atoms with Gasteiger partial charge in [-0.3, -0.25) is 0 Å². The monoisotopic (exact) mass is 158 g/mol. The van der Waals surface area contributed by atoms with Gasteiger partial charge in [-0.25, -0.2) is 0 Å². The molecular formula is C8H14OS. The standard InChI is InChI=1S/C8H14OS/c1-6(2)8-4-3-7(5-9)10-8/h3,6,8-9H,4-5H2,1-2H3/t8-/m1/s1. The predicted octanol–water partition coefficient (Wildman–Crippen LogP) is 2.02. The Morgan fingerprint density at radius 1 is 1.80 bits per heavy atom. The number of aliphatic hydroxyl groups is 1. The molecule has 1 N–H and O–H groups in total. The highest BCUT2D eigenvalue weighted by Gasteiger charge is 2.19. The Hall–Kier alpha value is 0.0500. The van der Waals surface area contributed by atoms with Gasteiger partial charge in [0.2, 0.25) is 0 Å². The van der Waals surface area contributed by atoms with Crippen LogP contribution in [-0.4, -0.2) is 17.0 Å². The molecule has 1 atom stereocenters. The molecule has 0 spiro atoms. The fraction of sp³-hybridized carbons (Fsp3) is 0.750. The van der Waals surface area contributed by atoms with Gasteiger partial charge in [-0.15, -0.1) is 11.8 Å². The number of aliphatic hydroxyl groups excluding tert-OH is 1. The molecule has 0 aromatic rings. The van der Waals surface area contributed by atoms with Crippen LogP contribution < -0.4 is 0 Å². The second-order valence-corrected chi connectivity index (χ2v) is 4.33. The van der Waals surface area contributed by atoms with Crippen molar-refractivity contribution in [3.8, 4) is 0 Å². The number of rotatable bonds is 2. The quantitative estimate of drug-likeness (QED) is 0.663. The van der Waals surface area contributed by atoms with Crippen LogP contribution in [0.5, 0.6) is 0 Å². The van der Waals surface area contributed by atoms with Crippen molar-refractivity contribution in [3.63, 3.8) is 0 Å². The van der Waals surface area contributed by atoms with Crippen molar-refractivity contribution in [1.29, 1.82) is 0 Å². The van der Waals surface area contributed by atoms with Crippen LogP contribution in [0.4, 0.5) is 0 Å². The molecule has 58 valence electrons. The summed E-state index contributed by atoms with van der Waals surface area (Å²) < 4.78 is 0. The number of hydrogen-bond acceptors (Lipinski definition) is 2. The summed E-state index contributed by atoms with van der Waals surface area (Å²) in [5.74, 6) is 0.727. The largest absolute Gasteiger partial charge is 0.391 e. The van der Waals surface area contributed by atoms with E-state index in [1.54, 1.807) is 0 Å². The molecule has 1 heterocycles. The third kappa shape index (κ3) is 1.77. The summed E-state index contributed by atoms with van der Waals surface area (Å²) in [5.41, 5.74) is 0. The Morgan fingerprint density at radius 2 is 2.50 bits per heavy atom. The molecule has 0 saturated heterocycles. The Kier molecular flexibility index (Phi) is 2.81. The van der Waals surface area contributed by atoms with E-state index >= 15 is 0 Å². The summed E-state index contributed by atoms with van der Waals surface area (Å²) in [4.78, 5) is 1.15. The van der Waals surface area contributed by atoms with Gasteiger partial charge in [0.1, 0.15) is 0 Å². The average Bonchev–Trinajstić information content (AvgIpc) is 2.34. The van der Waals surface area contributed by atoms with Crippen LogP contribution >= 0.6 is 11.8 Å². The Balaban J connectivity index is 2.36. The summed E-state index contributed by atoms with van der Waals surface area (Å²) in [6.07, 6.45) is 3.29. The third-order valence-corrected chi connectivity index (χ3v) is 3.42. The second-order valence-electron chi connectivity index (χ2n) is 2.96. The molecule has 0 radical (unpaired) electrons. The number of hydrogen-bond donors (Lipinski definition) is 1. The van der Waals surface area contributed by atoms with Gasteiger partial charge in [-0.1, -0.05) is 19.9 Å². The van der Waals surface area contributed by atoms with Gasteiger partial charge in [0.05, 0.1) is 6.61 Å². The fourth-order valence-electron chi connectivity index (χ4n) is 1.05. The first-order valence-corrected chi connectivity index (χ1v) is 4.58. The number of thioether (sulfide) groups is 1. The molecule has 0 aromatic heterocycles. The minimum Gasteiger partial charge on any atom is -0.391 e. The maximum absolute atomic E-state index is 8.78. The predicted molar refractivity (Wildman–Crippen MR) is 46.0 cm³/mol. The Labute approximate surface area is 66.5 Å². The topological polar surface area (TPSA) is 20.2 Å². The zero-order valence-corrected chi connectivity index (χ0v) is 7.32. The summed E-state index contributed by atoms with van der Waals surface area (Å²) >= 11 is 1.83. The highest BCUT2D eigenvalue weighted by molar-refractivity contribution is 8.03. The molecule has 1 nitrogen and oxygen atoms in total. The van der Waals surface area contributed by atoms with Crippen LogP contribution in [-0.2, 0) is 0 Å². The van der Waals surface area contributed by atoms with Gasteiger partial charge in [-0.2, -0.15) is 0 Å². The highest BCUT2D eigenvalue weighted by atomic mass is 32.2. The van der Waals surface area contributed by atoms with E-state index in [0.29, 0.717) is 5.25 Å². The minimum absolute atomic E-state index is 0.230. The lowest BCUT2D eigenvalue weighted by Gasteiger charge is -2.12. The van der Waals surface area contributed by atoms with Gasteiger partial charge in [0, 0.05) is 10.2 Å². The molecule has 0 amide bonds. The van der Waals surface area contributed by atoms with E-state index in [4.69, 9.17) is 5.11 Å². The first-order valence-electron chi connectivity index (χ1n) is 3.70. The lowest BCUT2D eigenvalue weighted by atomic mass is 10.1. The first-order chi connectivity index (χ1) is 4.74. The molecule has 10 heavy (non-hydrogen) atoms. The second kappa shape index (κ2) is 3.44. The van der Waals surface area contributed by atoms with Crippen molar-refractivity contribution in [2.75, 3.05) is 6.61 Å². The Bertz CT molecular complexity index is 140.